The van der Waals surface area contributed by atoms with Crippen LogP contribution in [0.5, 0.6) is 0 Å². The van der Waals surface area contributed by atoms with Gasteiger partial charge in [0.05, 0.1) is 17.2 Å². The van der Waals surface area contributed by atoms with Crippen LogP contribution in [0.25, 0.3) is 0 Å². The Hall–Kier alpha value is -0.440. The average molecular weight is 397 g/mol. The van der Waals surface area contributed by atoms with E-state index < -0.39 is 0 Å². The van der Waals surface area contributed by atoms with Gasteiger partial charge in [-0.3, -0.25) is 9.69 Å². The van der Waals surface area contributed by atoms with Crippen molar-refractivity contribution in [2.75, 3.05) is 39.4 Å². The second-order valence-corrected chi connectivity index (χ2v) is 6.78. The largest absolute Gasteiger partial charge is 0.381 e. The Morgan fingerprint density at radius 3 is 2.54 bits per heavy atom. The van der Waals surface area contributed by atoms with Gasteiger partial charge in [0, 0.05) is 51.3 Å². The molecule has 0 aromatic carbocycles. The van der Waals surface area contributed by atoms with Crippen LogP contribution >= 0.6 is 36.2 Å². The first-order valence-electron chi connectivity index (χ1n) is 7.95. The van der Waals surface area contributed by atoms with Crippen LogP contribution in [0.1, 0.15) is 18.5 Å². The summed E-state index contributed by atoms with van der Waals surface area (Å²) < 4.78 is 5.35. The van der Waals surface area contributed by atoms with Gasteiger partial charge in [-0.1, -0.05) is 0 Å². The first-order valence-corrected chi connectivity index (χ1v) is 8.90. The summed E-state index contributed by atoms with van der Waals surface area (Å²) in [5.74, 6) is 0.384. The number of thiazole rings is 1. The maximum absolute atomic E-state index is 12.6. The van der Waals surface area contributed by atoms with Crippen molar-refractivity contribution in [3.05, 3.63) is 16.6 Å². The van der Waals surface area contributed by atoms with Gasteiger partial charge in [-0.25, -0.2) is 4.98 Å². The summed E-state index contributed by atoms with van der Waals surface area (Å²) >= 11 is 1.62. The molecule has 0 spiro atoms. The predicted octanol–water partition coefficient (Wildman–Crippen LogP) is 1.38. The van der Waals surface area contributed by atoms with Gasteiger partial charge in [0.2, 0.25) is 5.91 Å². The van der Waals surface area contributed by atoms with Crippen molar-refractivity contribution in [3.8, 4) is 0 Å². The molecule has 0 radical (unpaired) electrons. The molecule has 24 heavy (non-hydrogen) atoms. The molecule has 3 rings (SSSR count). The lowest BCUT2D eigenvalue weighted by molar-refractivity contribution is -0.136. The number of carbonyl (C=O) groups excluding carboxylic acids is 1. The molecule has 1 unspecified atom stereocenters. The van der Waals surface area contributed by atoms with E-state index in [0.717, 1.165) is 64.5 Å². The molecule has 0 saturated carbocycles. The quantitative estimate of drug-likeness (QED) is 0.831. The van der Waals surface area contributed by atoms with Crippen LogP contribution in [0.15, 0.2) is 10.9 Å². The van der Waals surface area contributed by atoms with Crippen molar-refractivity contribution in [1.29, 1.82) is 0 Å². The minimum absolute atomic E-state index is 0. The molecule has 0 bridgehead atoms. The third-order valence-corrected chi connectivity index (χ3v) is 5.25. The van der Waals surface area contributed by atoms with E-state index in [4.69, 9.17) is 10.5 Å². The summed E-state index contributed by atoms with van der Waals surface area (Å²) in [6.45, 7) is 5.64. The Kier molecular flexibility index (Phi) is 9.48. The highest BCUT2D eigenvalue weighted by Gasteiger charge is 2.31. The molecular formula is C15H26Cl2N4O2S. The Labute approximate surface area is 159 Å². The molecule has 2 fully saturated rings. The molecule has 1 atom stereocenters. The number of hydrogen-bond donors (Lipinski definition) is 1. The van der Waals surface area contributed by atoms with E-state index in [1.165, 1.54) is 0 Å². The molecule has 6 nitrogen and oxygen atoms in total. The van der Waals surface area contributed by atoms with E-state index in [1.54, 1.807) is 11.3 Å². The number of carbonyl (C=O) groups is 1. The molecule has 1 amide bonds. The van der Waals surface area contributed by atoms with E-state index in [1.807, 2.05) is 10.4 Å². The summed E-state index contributed by atoms with van der Waals surface area (Å²) in [5, 5.41) is 2.08. The first-order chi connectivity index (χ1) is 10.7. The smallest absolute Gasteiger partial charge is 0.239 e. The maximum Gasteiger partial charge on any atom is 0.239 e. The second kappa shape index (κ2) is 10.5. The maximum atomic E-state index is 12.6. The van der Waals surface area contributed by atoms with Crippen LogP contribution in [0.3, 0.4) is 0 Å². The van der Waals surface area contributed by atoms with Gasteiger partial charge < -0.3 is 15.4 Å². The van der Waals surface area contributed by atoms with Crippen LogP contribution in [0.2, 0.25) is 0 Å². The monoisotopic (exact) mass is 396 g/mol. The SMILES string of the molecule is Cl.Cl.NC(C(=O)N1CCN(Cc2cscn2)CC1)C1CCOCC1. The second-order valence-electron chi connectivity index (χ2n) is 6.06. The Morgan fingerprint density at radius 1 is 1.29 bits per heavy atom. The van der Waals surface area contributed by atoms with Crippen LogP contribution in [-0.4, -0.2) is 66.1 Å². The van der Waals surface area contributed by atoms with Gasteiger partial charge in [0.25, 0.3) is 0 Å². The molecule has 2 aliphatic rings. The molecule has 2 N–H and O–H groups in total. The standard InChI is InChI=1S/C15H24N4O2S.2ClH/c16-14(12-1-7-21-8-2-12)15(20)19-5-3-18(4-6-19)9-13-10-22-11-17-13;;/h10-12,14H,1-9,16H2;2*1H. The highest BCUT2D eigenvalue weighted by atomic mass is 35.5. The normalized spacial score (nSPS) is 20.8. The van der Waals surface area contributed by atoms with Gasteiger partial charge in [-0.15, -0.1) is 36.2 Å². The molecule has 2 saturated heterocycles. The molecule has 1 aromatic heterocycles. The van der Waals surface area contributed by atoms with Crippen LogP contribution in [0.4, 0.5) is 0 Å². The van der Waals surface area contributed by atoms with Crippen molar-refractivity contribution in [2.24, 2.45) is 11.7 Å². The van der Waals surface area contributed by atoms with Gasteiger partial charge in [0.15, 0.2) is 0 Å². The molecule has 9 heteroatoms. The van der Waals surface area contributed by atoms with Gasteiger partial charge in [0.1, 0.15) is 0 Å². The zero-order valence-corrected chi connectivity index (χ0v) is 16.1. The summed E-state index contributed by atoms with van der Waals surface area (Å²) in [6.07, 6.45) is 1.80. The van der Waals surface area contributed by atoms with Crippen molar-refractivity contribution < 1.29 is 9.53 Å². The van der Waals surface area contributed by atoms with Crippen molar-refractivity contribution in [3.63, 3.8) is 0 Å². The molecule has 1 aromatic rings. The van der Waals surface area contributed by atoms with Crippen LogP contribution in [0, 0.1) is 5.92 Å². The lowest BCUT2D eigenvalue weighted by Gasteiger charge is -2.37. The van der Waals surface area contributed by atoms with Crippen molar-refractivity contribution in [1.82, 2.24) is 14.8 Å². The number of halogens is 2. The third kappa shape index (κ3) is 5.54. The Morgan fingerprint density at radius 2 is 1.96 bits per heavy atom. The van der Waals surface area contributed by atoms with E-state index in [2.05, 4.69) is 15.3 Å². The number of aromatic nitrogens is 1. The number of piperazine rings is 1. The average Bonchev–Trinajstić information content (AvgIpc) is 3.08. The molecule has 3 heterocycles. The van der Waals surface area contributed by atoms with E-state index in [9.17, 15) is 4.79 Å². The highest BCUT2D eigenvalue weighted by molar-refractivity contribution is 7.07. The van der Waals surface area contributed by atoms with Crippen LogP contribution < -0.4 is 5.73 Å². The van der Waals surface area contributed by atoms with Crippen LogP contribution in [-0.2, 0) is 16.1 Å². The van der Waals surface area contributed by atoms with Gasteiger partial charge in [-0.2, -0.15) is 0 Å². The third-order valence-electron chi connectivity index (χ3n) is 4.61. The number of ether oxygens (including phenoxy) is 1. The number of amides is 1. The fourth-order valence-corrected chi connectivity index (χ4v) is 3.71. The number of rotatable bonds is 4. The molecule has 138 valence electrons. The number of nitrogens with zero attached hydrogens (tertiary/aromatic N) is 3. The van der Waals surface area contributed by atoms with E-state index in [0.29, 0.717) is 0 Å². The fraction of sp³-hybridized carbons (Fsp3) is 0.733. The zero-order valence-electron chi connectivity index (χ0n) is 13.6. The summed E-state index contributed by atoms with van der Waals surface area (Å²) in [5.41, 5.74) is 9.18. The summed E-state index contributed by atoms with van der Waals surface area (Å²) in [4.78, 5) is 21.1. The first kappa shape index (κ1) is 21.6. The lowest BCUT2D eigenvalue weighted by atomic mass is 9.91. The Balaban J connectivity index is 0.00000144. The predicted molar refractivity (Wildman–Crippen MR) is 100.0 cm³/mol. The van der Waals surface area contributed by atoms with Gasteiger partial charge in [-0.05, 0) is 18.8 Å². The minimum Gasteiger partial charge on any atom is -0.381 e. The Bertz CT molecular complexity index is 478. The summed E-state index contributed by atoms with van der Waals surface area (Å²) in [7, 11) is 0. The highest BCUT2D eigenvalue weighted by Crippen LogP contribution is 2.19. The molecule has 2 aliphatic heterocycles. The fourth-order valence-electron chi connectivity index (χ4n) is 3.16. The van der Waals surface area contributed by atoms with Crippen molar-refractivity contribution >= 4 is 42.1 Å². The van der Waals surface area contributed by atoms with E-state index in [-0.39, 0.29) is 42.7 Å². The number of nitrogens with two attached hydrogens (primary N) is 1. The molecule has 0 aliphatic carbocycles. The zero-order chi connectivity index (χ0) is 15.4. The van der Waals surface area contributed by atoms with Gasteiger partial charge >= 0.3 is 0 Å². The number of hydrogen-bond acceptors (Lipinski definition) is 6. The minimum atomic E-state index is -0.367. The van der Waals surface area contributed by atoms with E-state index >= 15 is 0 Å². The topological polar surface area (TPSA) is 71.7 Å². The summed E-state index contributed by atoms with van der Waals surface area (Å²) in [6, 6.07) is -0.367. The molecular weight excluding hydrogens is 371 g/mol. The lowest BCUT2D eigenvalue weighted by Crippen LogP contribution is -2.55. The van der Waals surface area contributed by atoms with Crippen molar-refractivity contribution in [2.45, 2.75) is 25.4 Å².